The first-order chi connectivity index (χ1) is 7.72. The van der Waals surface area contributed by atoms with Crippen LogP contribution in [-0.2, 0) is 22.4 Å². The van der Waals surface area contributed by atoms with Gasteiger partial charge in [0.25, 0.3) is 0 Å². The van der Waals surface area contributed by atoms with Crippen molar-refractivity contribution in [2.45, 2.75) is 25.8 Å². The number of hydrogen-bond acceptors (Lipinski definition) is 3. The lowest BCUT2D eigenvalue weighted by Crippen LogP contribution is -2.42. The maximum atomic E-state index is 11.7. The van der Waals surface area contributed by atoms with E-state index < -0.39 is 0 Å². The molecule has 0 amide bonds. The maximum absolute atomic E-state index is 11.7. The third-order valence-electron chi connectivity index (χ3n) is 3.12. The van der Waals surface area contributed by atoms with E-state index in [-0.39, 0.29) is 17.9 Å². The fraction of sp³-hybridized carbons (Fsp3) is 0.462. The lowest BCUT2D eigenvalue weighted by molar-refractivity contribution is -0.148. The molecule has 1 aromatic carbocycles. The Morgan fingerprint density at radius 1 is 1.38 bits per heavy atom. The van der Waals surface area contributed by atoms with Crippen LogP contribution in [0.3, 0.4) is 0 Å². The number of benzene rings is 1. The summed E-state index contributed by atoms with van der Waals surface area (Å²) in [6.45, 7) is 2.24. The molecule has 0 aliphatic heterocycles. The normalized spacial score (nSPS) is 23.6. The second-order valence-electron chi connectivity index (χ2n) is 4.20. The quantitative estimate of drug-likeness (QED) is 0.763. The highest BCUT2D eigenvalue weighted by molar-refractivity contribution is 5.74. The molecule has 0 saturated heterocycles. The molecular formula is C13H17NO2. The highest BCUT2D eigenvalue weighted by Crippen LogP contribution is 2.25. The number of hydrogen-bond donors (Lipinski definition) is 1. The molecule has 2 unspecified atom stereocenters. The first kappa shape index (κ1) is 11.1. The second kappa shape index (κ2) is 4.66. The van der Waals surface area contributed by atoms with E-state index in [1.807, 2.05) is 19.1 Å². The summed E-state index contributed by atoms with van der Waals surface area (Å²) < 4.78 is 5.05. The molecule has 2 N–H and O–H groups in total. The zero-order valence-electron chi connectivity index (χ0n) is 9.48. The fourth-order valence-corrected chi connectivity index (χ4v) is 2.25. The number of carbonyl (C=O) groups excluding carboxylic acids is 1. The molecule has 3 nitrogen and oxygen atoms in total. The van der Waals surface area contributed by atoms with Crippen molar-refractivity contribution in [2.75, 3.05) is 6.61 Å². The van der Waals surface area contributed by atoms with E-state index in [1.165, 1.54) is 11.1 Å². The number of nitrogens with two attached hydrogens (primary N) is 1. The molecule has 1 aliphatic carbocycles. The molecule has 0 fully saturated rings. The first-order valence-electron chi connectivity index (χ1n) is 5.71. The maximum Gasteiger partial charge on any atom is 0.310 e. The molecule has 3 heteroatoms. The minimum absolute atomic E-state index is 0.117. The molecular weight excluding hydrogens is 202 g/mol. The Labute approximate surface area is 95.6 Å². The van der Waals surface area contributed by atoms with Crippen LogP contribution in [0.2, 0.25) is 0 Å². The monoisotopic (exact) mass is 219 g/mol. The average Bonchev–Trinajstić information content (AvgIpc) is 2.28. The Hall–Kier alpha value is -1.35. The minimum atomic E-state index is -0.185. The summed E-state index contributed by atoms with van der Waals surface area (Å²) in [6, 6.07) is 8.03. The summed E-state index contributed by atoms with van der Waals surface area (Å²) in [4.78, 5) is 11.7. The zero-order valence-corrected chi connectivity index (χ0v) is 9.48. The molecule has 86 valence electrons. The van der Waals surface area contributed by atoms with Crippen LogP contribution >= 0.6 is 0 Å². The van der Waals surface area contributed by atoms with Gasteiger partial charge >= 0.3 is 5.97 Å². The van der Waals surface area contributed by atoms with Crippen LogP contribution in [0.4, 0.5) is 0 Å². The van der Waals surface area contributed by atoms with Crippen LogP contribution in [0.1, 0.15) is 18.1 Å². The van der Waals surface area contributed by atoms with E-state index in [1.54, 1.807) is 0 Å². The molecule has 0 saturated carbocycles. The van der Waals surface area contributed by atoms with Crippen molar-refractivity contribution in [2.24, 2.45) is 11.7 Å². The molecule has 0 bridgehead atoms. The predicted octanol–water partition coefficient (Wildman–Crippen LogP) is 1.29. The van der Waals surface area contributed by atoms with Crippen LogP contribution in [0.15, 0.2) is 24.3 Å². The van der Waals surface area contributed by atoms with Crippen molar-refractivity contribution < 1.29 is 9.53 Å². The Bertz CT molecular complexity index is 389. The molecule has 16 heavy (non-hydrogen) atoms. The Kier molecular flexibility index (Phi) is 3.25. The van der Waals surface area contributed by atoms with E-state index in [0.717, 1.165) is 6.42 Å². The number of ether oxygens (including phenoxy) is 1. The van der Waals surface area contributed by atoms with Crippen LogP contribution in [0.5, 0.6) is 0 Å². The van der Waals surface area contributed by atoms with Gasteiger partial charge in [0, 0.05) is 6.04 Å². The molecule has 2 atom stereocenters. The molecule has 0 heterocycles. The van der Waals surface area contributed by atoms with E-state index in [4.69, 9.17) is 10.5 Å². The van der Waals surface area contributed by atoms with Gasteiger partial charge in [0.2, 0.25) is 0 Å². The lowest BCUT2D eigenvalue weighted by atomic mass is 9.80. The van der Waals surface area contributed by atoms with Gasteiger partial charge in [-0.1, -0.05) is 24.3 Å². The van der Waals surface area contributed by atoms with Crippen molar-refractivity contribution >= 4 is 5.97 Å². The van der Waals surface area contributed by atoms with Gasteiger partial charge in [-0.25, -0.2) is 0 Å². The van der Waals surface area contributed by atoms with Crippen molar-refractivity contribution in [3.63, 3.8) is 0 Å². The van der Waals surface area contributed by atoms with E-state index in [9.17, 15) is 4.79 Å². The van der Waals surface area contributed by atoms with E-state index in [0.29, 0.717) is 13.0 Å². The first-order valence-corrected chi connectivity index (χ1v) is 5.71. The fourth-order valence-electron chi connectivity index (χ4n) is 2.25. The van der Waals surface area contributed by atoms with Gasteiger partial charge in [0.15, 0.2) is 0 Å². The van der Waals surface area contributed by atoms with Gasteiger partial charge in [-0.2, -0.15) is 0 Å². The number of rotatable bonds is 2. The summed E-state index contributed by atoms with van der Waals surface area (Å²) in [5.41, 5.74) is 8.51. The third kappa shape index (κ3) is 2.09. The lowest BCUT2D eigenvalue weighted by Gasteiger charge is -2.28. The highest BCUT2D eigenvalue weighted by Gasteiger charge is 2.31. The topological polar surface area (TPSA) is 52.3 Å². The van der Waals surface area contributed by atoms with Gasteiger partial charge in [0.1, 0.15) is 0 Å². The number of fused-ring (bicyclic) bond motifs is 1. The van der Waals surface area contributed by atoms with E-state index in [2.05, 4.69) is 12.1 Å². The molecule has 0 radical (unpaired) electrons. The molecule has 1 aliphatic rings. The summed E-state index contributed by atoms with van der Waals surface area (Å²) in [7, 11) is 0. The standard InChI is InChI=1S/C13H17NO2/c1-2-16-13(15)11-7-9-5-3-4-6-10(9)8-12(11)14/h3-6,11-12H,2,7-8,14H2,1H3. The van der Waals surface area contributed by atoms with Crippen LogP contribution in [0, 0.1) is 5.92 Å². The minimum Gasteiger partial charge on any atom is -0.466 e. The SMILES string of the molecule is CCOC(=O)C1Cc2ccccc2CC1N. The predicted molar refractivity (Wildman–Crippen MR) is 61.9 cm³/mol. The van der Waals surface area contributed by atoms with Gasteiger partial charge in [-0.15, -0.1) is 0 Å². The van der Waals surface area contributed by atoms with Crippen molar-refractivity contribution in [3.8, 4) is 0 Å². The smallest absolute Gasteiger partial charge is 0.310 e. The number of carbonyl (C=O) groups is 1. The van der Waals surface area contributed by atoms with Crippen molar-refractivity contribution in [3.05, 3.63) is 35.4 Å². The third-order valence-corrected chi connectivity index (χ3v) is 3.12. The molecule has 0 aromatic heterocycles. The Morgan fingerprint density at radius 3 is 2.62 bits per heavy atom. The van der Waals surface area contributed by atoms with Gasteiger partial charge in [-0.05, 0) is 30.9 Å². The second-order valence-corrected chi connectivity index (χ2v) is 4.20. The molecule has 0 spiro atoms. The van der Waals surface area contributed by atoms with Crippen LogP contribution in [-0.4, -0.2) is 18.6 Å². The Balaban J connectivity index is 2.18. The summed E-state index contributed by atoms with van der Waals surface area (Å²) >= 11 is 0. The average molecular weight is 219 g/mol. The van der Waals surface area contributed by atoms with Crippen molar-refractivity contribution in [1.29, 1.82) is 0 Å². The van der Waals surface area contributed by atoms with Gasteiger partial charge < -0.3 is 10.5 Å². The zero-order chi connectivity index (χ0) is 11.5. The largest absolute Gasteiger partial charge is 0.466 e. The number of esters is 1. The van der Waals surface area contributed by atoms with E-state index >= 15 is 0 Å². The van der Waals surface area contributed by atoms with Crippen LogP contribution in [0.25, 0.3) is 0 Å². The van der Waals surface area contributed by atoms with Gasteiger partial charge in [-0.3, -0.25) is 4.79 Å². The summed E-state index contributed by atoms with van der Waals surface area (Å²) in [6.07, 6.45) is 1.47. The summed E-state index contributed by atoms with van der Waals surface area (Å²) in [5.74, 6) is -0.348. The molecule has 1 aromatic rings. The highest BCUT2D eigenvalue weighted by atomic mass is 16.5. The molecule has 2 rings (SSSR count). The Morgan fingerprint density at radius 2 is 2.00 bits per heavy atom. The summed E-state index contributed by atoms with van der Waals surface area (Å²) in [5, 5.41) is 0. The van der Waals surface area contributed by atoms with Gasteiger partial charge in [0.05, 0.1) is 12.5 Å². The van der Waals surface area contributed by atoms with Crippen molar-refractivity contribution in [1.82, 2.24) is 0 Å². The van der Waals surface area contributed by atoms with Crippen LogP contribution < -0.4 is 5.73 Å².